The first-order chi connectivity index (χ1) is 10.3. The molecule has 5 nitrogen and oxygen atoms in total. The fourth-order valence-corrected chi connectivity index (χ4v) is 2.72. The summed E-state index contributed by atoms with van der Waals surface area (Å²) in [5, 5.41) is 1.91. The van der Waals surface area contributed by atoms with E-state index < -0.39 is 5.97 Å². The number of esters is 1. The van der Waals surface area contributed by atoms with Gasteiger partial charge in [0.25, 0.3) is 0 Å². The van der Waals surface area contributed by atoms with Crippen LogP contribution in [-0.4, -0.2) is 18.7 Å². The number of nitrogens with zero attached hydrogens (tertiary/aromatic N) is 1. The third kappa shape index (κ3) is 2.19. The van der Waals surface area contributed by atoms with E-state index in [4.69, 9.17) is 14.2 Å². The van der Waals surface area contributed by atoms with Gasteiger partial charge in [0, 0.05) is 0 Å². The molecule has 0 bridgehead atoms. The molecule has 0 aliphatic carbocycles. The summed E-state index contributed by atoms with van der Waals surface area (Å²) in [6.07, 6.45) is 1.67. The van der Waals surface area contributed by atoms with E-state index in [1.165, 1.54) is 11.3 Å². The molecule has 1 aromatic carbocycles. The Balaban J connectivity index is 1.68. The summed E-state index contributed by atoms with van der Waals surface area (Å²) in [6, 6.07) is 9.20. The average molecular weight is 299 g/mol. The second-order valence-electron chi connectivity index (χ2n) is 4.43. The van der Waals surface area contributed by atoms with Crippen molar-refractivity contribution in [2.45, 2.75) is 0 Å². The molecule has 0 unspecified atom stereocenters. The molecule has 3 heterocycles. The Labute approximate surface area is 124 Å². The van der Waals surface area contributed by atoms with Crippen molar-refractivity contribution in [3.8, 4) is 11.5 Å². The number of fused-ring (bicyclic) bond motifs is 1. The lowest BCUT2D eigenvalue weighted by Gasteiger charge is -1.97. The number of thiophene rings is 1. The number of hydrogen-bond donors (Lipinski definition) is 0. The van der Waals surface area contributed by atoms with Crippen LogP contribution < -0.4 is 9.47 Å². The molecule has 104 valence electrons. The van der Waals surface area contributed by atoms with Gasteiger partial charge in [0.1, 0.15) is 0 Å². The van der Waals surface area contributed by atoms with Crippen LogP contribution in [0.5, 0.6) is 11.5 Å². The van der Waals surface area contributed by atoms with Crippen molar-refractivity contribution in [2.24, 2.45) is 4.99 Å². The highest BCUT2D eigenvalue weighted by atomic mass is 32.1. The molecule has 21 heavy (non-hydrogen) atoms. The zero-order valence-electron chi connectivity index (χ0n) is 10.7. The lowest BCUT2D eigenvalue weighted by Crippen LogP contribution is -2.03. The van der Waals surface area contributed by atoms with Gasteiger partial charge in [-0.1, -0.05) is 12.1 Å². The van der Waals surface area contributed by atoms with E-state index >= 15 is 0 Å². The second-order valence-corrected chi connectivity index (χ2v) is 5.37. The van der Waals surface area contributed by atoms with Crippen molar-refractivity contribution in [3.63, 3.8) is 0 Å². The van der Waals surface area contributed by atoms with Gasteiger partial charge in [-0.05, 0) is 35.2 Å². The van der Waals surface area contributed by atoms with E-state index in [1.807, 2.05) is 23.6 Å². The number of aliphatic imine (C=N–C) groups is 1. The third-order valence-corrected chi connectivity index (χ3v) is 3.91. The summed E-state index contributed by atoms with van der Waals surface area (Å²) in [5.74, 6) is 1.27. The number of cyclic esters (lactones) is 1. The molecule has 2 aliphatic heterocycles. The minimum absolute atomic E-state index is 0.220. The van der Waals surface area contributed by atoms with E-state index in [0.717, 1.165) is 10.4 Å². The van der Waals surface area contributed by atoms with Crippen LogP contribution in [0.1, 0.15) is 10.4 Å². The monoisotopic (exact) mass is 299 g/mol. The zero-order valence-corrected chi connectivity index (χ0v) is 11.6. The van der Waals surface area contributed by atoms with Gasteiger partial charge >= 0.3 is 5.97 Å². The van der Waals surface area contributed by atoms with Crippen molar-refractivity contribution in [1.82, 2.24) is 0 Å². The predicted molar refractivity (Wildman–Crippen MR) is 77.5 cm³/mol. The summed E-state index contributed by atoms with van der Waals surface area (Å²) in [6.45, 7) is 0.220. The van der Waals surface area contributed by atoms with Crippen LogP contribution in [-0.2, 0) is 9.53 Å². The Hall–Kier alpha value is -2.60. The van der Waals surface area contributed by atoms with E-state index in [1.54, 1.807) is 18.2 Å². The number of carbonyl (C=O) groups is 1. The van der Waals surface area contributed by atoms with Crippen molar-refractivity contribution < 1.29 is 19.0 Å². The van der Waals surface area contributed by atoms with Gasteiger partial charge in [0.15, 0.2) is 17.2 Å². The molecule has 0 fully saturated rings. The fourth-order valence-electron chi connectivity index (χ4n) is 2.08. The maximum atomic E-state index is 11.9. The highest BCUT2D eigenvalue weighted by Gasteiger charge is 2.25. The SMILES string of the molecule is O=C1OC(c2cccs2)=N/C1=C\c1ccc2c(c1)OCO2. The first kappa shape index (κ1) is 12.2. The van der Waals surface area contributed by atoms with Crippen molar-refractivity contribution in [2.75, 3.05) is 6.79 Å². The van der Waals surface area contributed by atoms with E-state index in [0.29, 0.717) is 17.4 Å². The first-order valence-corrected chi connectivity index (χ1v) is 7.14. The maximum Gasteiger partial charge on any atom is 0.363 e. The van der Waals surface area contributed by atoms with Gasteiger partial charge < -0.3 is 14.2 Å². The molecule has 2 aliphatic rings. The van der Waals surface area contributed by atoms with Gasteiger partial charge in [-0.3, -0.25) is 0 Å². The fraction of sp³-hybridized carbons (Fsp3) is 0.0667. The first-order valence-electron chi connectivity index (χ1n) is 6.26. The Kier molecular flexibility index (Phi) is 2.75. The van der Waals surface area contributed by atoms with E-state index in [9.17, 15) is 4.79 Å². The molecular weight excluding hydrogens is 290 g/mol. The zero-order chi connectivity index (χ0) is 14.2. The molecule has 0 amide bonds. The molecule has 0 spiro atoms. The van der Waals surface area contributed by atoms with Gasteiger partial charge in [0.05, 0.1) is 4.88 Å². The van der Waals surface area contributed by atoms with Crippen LogP contribution in [0.25, 0.3) is 6.08 Å². The maximum absolute atomic E-state index is 11.9. The lowest BCUT2D eigenvalue weighted by molar-refractivity contribution is -0.129. The predicted octanol–water partition coefficient (Wildman–Crippen LogP) is 2.82. The van der Waals surface area contributed by atoms with Crippen molar-refractivity contribution in [1.29, 1.82) is 0 Å². The summed E-state index contributed by atoms with van der Waals surface area (Å²) < 4.78 is 15.7. The Bertz CT molecular complexity index is 777. The number of ether oxygens (including phenoxy) is 3. The Morgan fingerprint density at radius 3 is 2.95 bits per heavy atom. The number of rotatable bonds is 2. The molecule has 6 heteroatoms. The van der Waals surface area contributed by atoms with Gasteiger partial charge in [-0.2, -0.15) is 0 Å². The van der Waals surface area contributed by atoms with Crippen LogP contribution in [0, 0.1) is 0 Å². The number of benzene rings is 1. The van der Waals surface area contributed by atoms with Gasteiger partial charge in [0.2, 0.25) is 12.7 Å². The molecular formula is C15H9NO4S. The largest absolute Gasteiger partial charge is 0.454 e. The molecule has 0 radical (unpaired) electrons. The minimum Gasteiger partial charge on any atom is -0.454 e. The van der Waals surface area contributed by atoms with E-state index in [-0.39, 0.29) is 12.5 Å². The Morgan fingerprint density at radius 2 is 2.10 bits per heavy atom. The topological polar surface area (TPSA) is 57.1 Å². The quantitative estimate of drug-likeness (QED) is 0.632. The lowest BCUT2D eigenvalue weighted by atomic mass is 10.1. The summed E-state index contributed by atoms with van der Waals surface area (Å²) in [7, 11) is 0. The summed E-state index contributed by atoms with van der Waals surface area (Å²) in [4.78, 5) is 16.9. The molecule has 0 saturated heterocycles. The molecule has 1 aromatic heterocycles. The van der Waals surface area contributed by atoms with Crippen LogP contribution in [0.15, 0.2) is 46.4 Å². The molecule has 4 rings (SSSR count). The molecule has 0 saturated carbocycles. The van der Waals surface area contributed by atoms with Crippen LogP contribution >= 0.6 is 11.3 Å². The normalized spacial score (nSPS) is 18.0. The number of hydrogen-bond acceptors (Lipinski definition) is 6. The molecule has 0 N–H and O–H groups in total. The van der Waals surface area contributed by atoms with Crippen LogP contribution in [0.2, 0.25) is 0 Å². The number of carbonyl (C=O) groups excluding carboxylic acids is 1. The van der Waals surface area contributed by atoms with Crippen molar-refractivity contribution >= 4 is 29.3 Å². The average Bonchev–Trinajstić information content (AvgIpc) is 3.20. The van der Waals surface area contributed by atoms with Crippen molar-refractivity contribution in [3.05, 3.63) is 51.8 Å². The van der Waals surface area contributed by atoms with Gasteiger partial charge in [-0.15, -0.1) is 11.3 Å². The second kappa shape index (κ2) is 4.75. The van der Waals surface area contributed by atoms with Gasteiger partial charge in [-0.25, -0.2) is 9.79 Å². The van der Waals surface area contributed by atoms with E-state index in [2.05, 4.69) is 4.99 Å². The highest BCUT2D eigenvalue weighted by Crippen LogP contribution is 2.33. The van der Waals surface area contributed by atoms with Crippen LogP contribution in [0.4, 0.5) is 0 Å². The molecule has 0 atom stereocenters. The smallest absolute Gasteiger partial charge is 0.363 e. The Morgan fingerprint density at radius 1 is 1.19 bits per heavy atom. The third-order valence-electron chi connectivity index (χ3n) is 3.05. The highest BCUT2D eigenvalue weighted by molar-refractivity contribution is 7.12. The van der Waals surface area contributed by atoms with Crippen LogP contribution in [0.3, 0.4) is 0 Å². The molecule has 2 aromatic rings. The minimum atomic E-state index is -0.448. The summed E-state index contributed by atoms with van der Waals surface area (Å²) in [5.41, 5.74) is 1.08. The summed E-state index contributed by atoms with van der Waals surface area (Å²) >= 11 is 1.48. The standard InChI is InChI=1S/C15H9NO4S/c17-15-10(16-14(20-15)13-2-1-5-21-13)6-9-3-4-11-12(7-9)19-8-18-11/h1-7H,8H2/b10-6-.